The minimum absolute atomic E-state index is 0.0611. The molecule has 29 heavy (non-hydrogen) atoms. The van der Waals surface area contributed by atoms with Crippen LogP contribution in [0.25, 0.3) is 0 Å². The molecule has 2 fully saturated rings. The summed E-state index contributed by atoms with van der Waals surface area (Å²) in [4.78, 5) is 29.5. The lowest BCUT2D eigenvalue weighted by Crippen LogP contribution is -2.56. The molecule has 2 heterocycles. The molecule has 1 N–H and O–H groups in total. The van der Waals surface area contributed by atoms with E-state index in [1.165, 1.54) is 0 Å². The summed E-state index contributed by atoms with van der Waals surface area (Å²) in [6.07, 6.45) is 2.14. The number of carbonyl (C=O) groups is 2. The quantitative estimate of drug-likeness (QED) is 0.715. The number of hydrogen-bond acceptors (Lipinski definition) is 5. The Bertz CT molecular complexity index is 688. The van der Waals surface area contributed by atoms with E-state index in [2.05, 4.69) is 10.2 Å². The maximum absolute atomic E-state index is 12.9. The standard InChI is InChI=1S/C22H33N3O4/c1-3-29-20-7-5-4-6-18(20)15-25-13-10-23-22(27)19(25)14-21(26)24-11-8-17(9-12-24)16-28-2/h4-7,17,19H,3,8-16H2,1-2H3,(H,23,27). The Kier molecular flexibility index (Phi) is 7.89. The lowest BCUT2D eigenvalue weighted by molar-refractivity contribution is -0.140. The van der Waals surface area contributed by atoms with Gasteiger partial charge in [0, 0.05) is 52.0 Å². The molecule has 1 unspecified atom stereocenters. The third-order valence-corrected chi connectivity index (χ3v) is 5.83. The molecule has 1 aromatic rings. The number of para-hydroxylation sites is 1. The monoisotopic (exact) mass is 403 g/mol. The molecule has 2 amide bonds. The second-order valence-corrected chi connectivity index (χ2v) is 7.80. The molecule has 2 saturated heterocycles. The van der Waals surface area contributed by atoms with Gasteiger partial charge in [0.05, 0.1) is 19.1 Å². The van der Waals surface area contributed by atoms with Crippen molar-refractivity contribution in [3.63, 3.8) is 0 Å². The van der Waals surface area contributed by atoms with Crippen LogP contribution in [0, 0.1) is 5.92 Å². The molecule has 1 atom stereocenters. The van der Waals surface area contributed by atoms with Crippen molar-refractivity contribution in [3.8, 4) is 5.75 Å². The topological polar surface area (TPSA) is 71.1 Å². The van der Waals surface area contributed by atoms with E-state index in [1.54, 1.807) is 7.11 Å². The summed E-state index contributed by atoms with van der Waals surface area (Å²) in [5.41, 5.74) is 1.04. The van der Waals surface area contributed by atoms with Crippen molar-refractivity contribution in [2.24, 2.45) is 5.92 Å². The summed E-state index contributed by atoms with van der Waals surface area (Å²) in [7, 11) is 1.72. The molecule has 0 radical (unpaired) electrons. The average molecular weight is 404 g/mol. The van der Waals surface area contributed by atoms with E-state index >= 15 is 0 Å². The molecular formula is C22H33N3O4. The van der Waals surface area contributed by atoms with Gasteiger partial charge >= 0.3 is 0 Å². The van der Waals surface area contributed by atoms with Crippen LogP contribution in [-0.2, 0) is 20.9 Å². The number of carbonyl (C=O) groups excluding carboxylic acids is 2. The number of nitrogens with one attached hydrogen (secondary N) is 1. The predicted molar refractivity (Wildman–Crippen MR) is 111 cm³/mol. The number of piperazine rings is 1. The van der Waals surface area contributed by atoms with Crippen LogP contribution in [0.4, 0.5) is 0 Å². The Morgan fingerprint density at radius 3 is 2.69 bits per heavy atom. The summed E-state index contributed by atoms with van der Waals surface area (Å²) >= 11 is 0. The van der Waals surface area contributed by atoms with Crippen LogP contribution in [0.5, 0.6) is 5.75 Å². The summed E-state index contributed by atoms with van der Waals surface area (Å²) in [5.74, 6) is 1.36. The number of likely N-dealkylation sites (tertiary alicyclic amines) is 1. The van der Waals surface area contributed by atoms with E-state index in [4.69, 9.17) is 9.47 Å². The van der Waals surface area contributed by atoms with Crippen LogP contribution < -0.4 is 10.1 Å². The SMILES string of the molecule is CCOc1ccccc1CN1CCNC(=O)C1CC(=O)N1CCC(COC)CC1. The maximum Gasteiger partial charge on any atom is 0.237 e. The number of hydrogen-bond donors (Lipinski definition) is 1. The lowest BCUT2D eigenvalue weighted by Gasteiger charge is -2.37. The average Bonchev–Trinajstić information content (AvgIpc) is 2.73. The fourth-order valence-corrected chi connectivity index (χ4v) is 4.20. The first-order valence-electron chi connectivity index (χ1n) is 10.6. The van der Waals surface area contributed by atoms with Gasteiger partial charge in [0.25, 0.3) is 0 Å². The van der Waals surface area contributed by atoms with E-state index in [0.29, 0.717) is 25.6 Å². The highest BCUT2D eigenvalue weighted by Crippen LogP contribution is 2.24. The first kappa shape index (κ1) is 21.6. The molecule has 2 aliphatic rings. The fraction of sp³-hybridized carbons (Fsp3) is 0.636. The predicted octanol–water partition coefficient (Wildman–Crippen LogP) is 1.66. The highest BCUT2D eigenvalue weighted by molar-refractivity contribution is 5.88. The van der Waals surface area contributed by atoms with Gasteiger partial charge < -0.3 is 19.7 Å². The molecule has 0 aromatic heterocycles. The lowest BCUT2D eigenvalue weighted by atomic mass is 9.97. The number of nitrogens with zero attached hydrogens (tertiary/aromatic N) is 2. The highest BCUT2D eigenvalue weighted by Gasteiger charge is 2.34. The van der Waals surface area contributed by atoms with Crippen LogP contribution in [-0.4, -0.2) is 74.2 Å². The second-order valence-electron chi connectivity index (χ2n) is 7.80. The molecular weight excluding hydrogens is 370 g/mol. The number of methoxy groups -OCH3 is 1. The van der Waals surface area contributed by atoms with Crippen LogP contribution in [0.1, 0.15) is 31.7 Å². The molecule has 7 heteroatoms. The van der Waals surface area contributed by atoms with Crippen molar-refractivity contribution in [3.05, 3.63) is 29.8 Å². The Balaban J connectivity index is 1.63. The number of piperidine rings is 1. The van der Waals surface area contributed by atoms with Crippen LogP contribution in [0.3, 0.4) is 0 Å². The minimum Gasteiger partial charge on any atom is -0.494 e. The Morgan fingerprint density at radius 2 is 1.97 bits per heavy atom. The third-order valence-electron chi connectivity index (χ3n) is 5.83. The van der Waals surface area contributed by atoms with Gasteiger partial charge in [-0.2, -0.15) is 0 Å². The first-order chi connectivity index (χ1) is 14.1. The van der Waals surface area contributed by atoms with Gasteiger partial charge in [-0.3, -0.25) is 14.5 Å². The molecule has 2 aliphatic heterocycles. The molecule has 160 valence electrons. The van der Waals surface area contributed by atoms with Gasteiger partial charge in [-0.1, -0.05) is 18.2 Å². The first-order valence-corrected chi connectivity index (χ1v) is 10.6. The Morgan fingerprint density at radius 1 is 1.21 bits per heavy atom. The second kappa shape index (κ2) is 10.6. The molecule has 1 aromatic carbocycles. The van der Waals surface area contributed by atoms with Gasteiger partial charge in [-0.05, 0) is 31.7 Å². The molecule has 0 saturated carbocycles. The highest BCUT2D eigenvalue weighted by atomic mass is 16.5. The number of amides is 2. The van der Waals surface area contributed by atoms with E-state index in [9.17, 15) is 9.59 Å². The van der Waals surface area contributed by atoms with E-state index in [1.807, 2.05) is 36.1 Å². The van der Waals surface area contributed by atoms with E-state index < -0.39 is 6.04 Å². The van der Waals surface area contributed by atoms with Crippen molar-refractivity contribution >= 4 is 11.8 Å². The van der Waals surface area contributed by atoms with Crippen molar-refractivity contribution in [2.45, 2.75) is 38.8 Å². The summed E-state index contributed by atoms with van der Waals surface area (Å²) in [6, 6.07) is 7.46. The van der Waals surface area contributed by atoms with Crippen molar-refractivity contribution < 1.29 is 19.1 Å². The molecule has 7 nitrogen and oxygen atoms in total. The van der Waals surface area contributed by atoms with Crippen LogP contribution >= 0.6 is 0 Å². The number of rotatable bonds is 8. The summed E-state index contributed by atoms with van der Waals surface area (Å²) in [6.45, 7) is 6.71. The maximum atomic E-state index is 12.9. The van der Waals surface area contributed by atoms with Gasteiger partial charge in [0.1, 0.15) is 5.75 Å². The van der Waals surface area contributed by atoms with E-state index in [-0.39, 0.29) is 18.2 Å². The van der Waals surface area contributed by atoms with Crippen molar-refractivity contribution in [1.82, 2.24) is 15.1 Å². The number of ether oxygens (including phenoxy) is 2. The minimum atomic E-state index is -0.442. The molecule has 0 bridgehead atoms. The van der Waals surface area contributed by atoms with Gasteiger partial charge in [0.15, 0.2) is 0 Å². The van der Waals surface area contributed by atoms with Crippen molar-refractivity contribution in [1.29, 1.82) is 0 Å². The van der Waals surface area contributed by atoms with E-state index in [0.717, 1.165) is 50.4 Å². The zero-order chi connectivity index (χ0) is 20.6. The normalized spacial score (nSPS) is 21.1. The van der Waals surface area contributed by atoms with Gasteiger partial charge in [-0.25, -0.2) is 0 Å². The largest absolute Gasteiger partial charge is 0.494 e. The summed E-state index contributed by atoms with van der Waals surface area (Å²) in [5, 5.41) is 2.92. The Labute approximate surface area is 173 Å². The molecule has 0 spiro atoms. The van der Waals surface area contributed by atoms with Crippen molar-refractivity contribution in [2.75, 3.05) is 46.5 Å². The Hall–Kier alpha value is -2.12. The summed E-state index contributed by atoms with van der Waals surface area (Å²) < 4.78 is 11.0. The smallest absolute Gasteiger partial charge is 0.237 e. The zero-order valence-corrected chi connectivity index (χ0v) is 17.6. The molecule has 3 rings (SSSR count). The van der Waals surface area contributed by atoms with Gasteiger partial charge in [-0.15, -0.1) is 0 Å². The zero-order valence-electron chi connectivity index (χ0n) is 17.6. The van der Waals surface area contributed by atoms with Crippen LogP contribution in [0.15, 0.2) is 24.3 Å². The third kappa shape index (κ3) is 5.70. The number of benzene rings is 1. The van der Waals surface area contributed by atoms with Gasteiger partial charge in [0.2, 0.25) is 11.8 Å². The molecule has 0 aliphatic carbocycles. The van der Waals surface area contributed by atoms with Crippen LogP contribution in [0.2, 0.25) is 0 Å². The fourth-order valence-electron chi connectivity index (χ4n) is 4.20.